The molecule has 0 aliphatic rings. The average Bonchev–Trinajstić information content (AvgIpc) is 2.63. The quantitative estimate of drug-likeness (QED) is 0.808. The highest BCUT2D eigenvalue weighted by Crippen LogP contribution is 2.29. The Morgan fingerprint density at radius 1 is 1.26 bits per heavy atom. The van der Waals surface area contributed by atoms with Gasteiger partial charge in [0.05, 0.1) is 0 Å². The molecule has 0 aliphatic carbocycles. The zero-order valence-corrected chi connectivity index (χ0v) is 12.9. The van der Waals surface area contributed by atoms with Gasteiger partial charge in [-0.25, -0.2) is 0 Å². The van der Waals surface area contributed by atoms with Crippen LogP contribution in [0.15, 0.2) is 18.2 Å². The molecule has 0 saturated heterocycles. The lowest BCUT2D eigenvalue weighted by atomic mass is 9.98. The van der Waals surface area contributed by atoms with E-state index in [0.29, 0.717) is 5.92 Å². The molecular formula is C17H26N2. The Balaban J connectivity index is 2.47. The minimum Gasteiger partial charge on any atom is -0.348 e. The van der Waals surface area contributed by atoms with Crippen LogP contribution in [0.4, 0.5) is 0 Å². The molecule has 2 nitrogen and oxygen atoms in total. The standard InChI is InChI=1S/C17H26N2/c1-12(2)14-8-9-17-16(11-14)15(7-6-10-18-4)13(3)19(17)5/h8-9,11-12,18H,6-7,10H2,1-5H3. The molecule has 2 heteroatoms. The van der Waals surface area contributed by atoms with Gasteiger partial charge in [-0.2, -0.15) is 0 Å². The van der Waals surface area contributed by atoms with E-state index in [4.69, 9.17) is 0 Å². The molecule has 0 spiro atoms. The first kappa shape index (κ1) is 14.1. The van der Waals surface area contributed by atoms with Gasteiger partial charge < -0.3 is 9.88 Å². The maximum absolute atomic E-state index is 3.24. The molecule has 1 aromatic carbocycles. The molecule has 0 bridgehead atoms. The number of rotatable bonds is 5. The molecule has 1 aromatic heterocycles. The molecule has 0 amide bonds. The number of benzene rings is 1. The fourth-order valence-electron chi connectivity index (χ4n) is 2.78. The van der Waals surface area contributed by atoms with E-state index >= 15 is 0 Å². The van der Waals surface area contributed by atoms with E-state index in [1.54, 1.807) is 0 Å². The second kappa shape index (κ2) is 5.79. The summed E-state index contributed by atoms with van der Waals surface area (Å²) in [5.41, 5.74) is 5.73. The van der Waals surface area contributed by atoms with E-state index in [2.05, 4.69) is 55.9 Å². The number of nitrogens with zero attached hydrogens (tertiary/aromatic N) is 1. The molecule has 0 atom stereocenters. The first-order chi connectivity index (χ1) is 9.06. The first-order valence-electron chi connectivity index (χ1n) is 7.28. The van der Waals surface area contributed by atoms with Gasteiger partial charge in [0, 0.05) is 23.6 Å². The zero-order valence-electron chi connectivity index (χ0n) is 12.9. The fraction of sp³-hybridized carbons (Fsp3) is 0.529. The minimum atomic E-state index is 0.593. The van der Waals surface area contributed by atoms with Gasteiger partial charge in [0.15, 0.2) is 0 Å². The molecule has 104 valence electrons. The van der Waals surface area contributed by atoms with E-state index in [0.717, 1.165) is 13.0 Å². The summed E-state index contributed by atoms with van der Waals surface area (Å²) in [6, 6.07) is 6.94. The molecule has 0 aliphatic heterocycles. The first-order valence-corrected chi connectivity index (χ1v) is 7.28. The van der Waals surface area contributed by atoms with E-state index < -0.39 is 0 Å². The molecule has 0 saturated carbocycles. The van der Waals surface area contributed by atoms with Crippen molar-refractivity contribution in [1.29, 1.82) is 0 Å². The fourth-order valence-corrected chi connectivity index (χ4v) is 2.78. The van der Waals surface area contributed by atoms with E-state index in [9.17, 15) is 0 Å². The molecule has 0 fully saturated rings. The number of nitrogens with one attached hydrogen (secondary N) is 1. The van der Waals surface area contributed by atoms with E-state index in [1.165, 1.54) is 34.1 Å². The molecule has 0 unspecified atom stereocenters. The van der Waals surface area contributed by atoms with Crippen molar-refractivity contribution in [3.05, 3.63) is 35.0 Å². The smallest absolute Gasteiger partial charge is 0.0482 e. The van der Waals surface area contributed by atoms with Gasteiger partial charge in [0.2, 0.25) is 0 Å². The van der Waals surface area contributed by atoms with Gasteiger partial charge in [-0.1, -0.05) is 19.9 Å². The molecule has 0 radical (unpaired) electrons. The Bertz CT molecular complexity index is 564. The van der Waals surface area contributed by atoms with Crippen molar-refractivity contribution in [2.45, 2.75) is 39.5 Å². The molecule has 1 N–H and O–H groups in total. The minimum absolute atomic E-state index is 0.593. The van der Waals surface area contributed by atoms with Crippen LogP contribution in [0.2, 0.25) is 0 Å². The van der Waals surface area contributed by atoms with Gasteiger partial charge >= 0.3 is 0 Å². The third-order valence-corrected chi connectivity index (χ3v) is 4.17. The highest BCUT2D eigenvalue weighted by molar-refractivity contribution is 5.86. The van der Waals surface area contributed by atoms with Crippen LogP contribution in [0.5, 0.6) is 0 Å². The number of fused-ring (bicyclic) bond motifs is 1. The van der Waals surface area contributed by atoms with Crippen molar-refractivity contribution >= 4 is 10.9 Å². The summed E-state index contributed by atoms with van der Waals surface area (Å²) in [7, 11) is 4.20. The van der Waals surface area contributed by atoms with Crippen molar-refractivity contribution in [3.8, 4) is 0 Å². The van der Waals surface area contributed by atoms with Crippen molar-refractivity contribution in [2.24, 2.45) is 7.05 Å². The Hall–Kier alpha value is -1.28. The summed E-state index contributed by atoms with van der Waals surface area (Å²) in [6.07, 6.45) is 2.36. The summed E-state index contributed by atoms with van der Waals surface area (Å²) in [6.45, 7) is 7.85. The normalized spacial score (nSPS) is 11.7. The SMILES string of the molecule is CNCCCc1c(C)n(C)c2ccc(C(C)C)cc12. The maximum atomic E-state index is 3.24. The largest absolute Gasteiger partial charge is 0.348 e. The van der Waals surface area contributed by atoms with Gasteiger partial charge in [-0.3, -0.25) is 0 Å². The van der Waals surface area contributed by atoms with Crippen LogP contribution in [-0.2, 0) is 13.5 Å². The lowest BCUT2D eigenvalue weighted by molar-refractivity contribution is 0.721. The van der Waals surface area contributed by atoms with E-state index in [-0.39, 0.29) is 0 Å². The van der Waals surface area contributed by atoms with Crippen molar-refractivity contribution < 1.29 is 0 Å². The highest BCUT2D eigenvalue weighted by Gasteiger charge is 2.12. The summed E-state index contributed by atoms with van der Waals surface area (Å²) in [5, 5.41) is 4.68. The Kier molecular flexibility index (Phi) is 4.31. The van der Waals surface area contributed by atoms with Crippen LogP contribution in [0, 0.1) is 6.92 Å². The van der Waals surface area contributed by atoms with Gasteiger partial charge in [-0.15, -0.1) is 0 Å². The van der Waals surface area contributed by atoms with Crippen LogP contribution in [0.1, 0.15) is 43.0 Å². The van der Waals surface area contributed by atoms with Crippen LogP contribution in [-0.4, -0.2) is 18.2 Å². The van der Waals surface area contributed by atoms with Crippen LogP contribution in [0.3, 0.4) is 0 Å². The Morgan fingerprint density at radius 2 is 2.00 bits per heavy atom. The van der Waals surface area contributed by atoms with Gasteiger partial charge in [0.25, 0.3) is 0 Å². The van der Waals surface area contributed by atoms with Gasteiger partial charge in [0.1, 0.15) is 0 Å². The summed E-state index contributed by atoms with van der Waals surface area (Å²) >= 11 is 0. The predicted molar refractivity (Wildman–Crippen MR) is 84.0 cm³/mol. The third-order valence-electron chi connectivity index (χ3n) is 4.17. The number of hydrogen-bond acceptors (Lipinski definition) is 1. The summed E-state index contributed by atoms with van der Waals surface area (Å²) in [4.78, 5) is 0. The summed E-state index contributed by atoms with van der Waals surface area (Å²) < 4.78 is 2.33. The topological polar surface area (TPSA) is 17.0 Å². The Morgan fingerprint density at radius 3 is 2.63 bits per heavy atom. The summed E-state index contributed by atoms with van der Waals surface area (Å²) in [5.74, 6) is 0.593. The van der Waals surface area contributed by atoms with Crippen molar-refractivity contribution in [1.82, 2.24) is 9.88 Å². The Labute approximate surface area is 116 Å². The molecule has 1 heterocycles. The van der Waals surface area contributed by atoms with Crippen molar-refractivity contribution in [3.63, 3.8) is 0 Å². The predicted octanol–water partition coefficient (Wildman–Crippen LogP) is 3.76. The van der Waals surface area contributed by atoms with Crippen LogP contribution < -0.4 is 5.32 Å². The second-order valence-electron chi connectivity index (χ2n) is 5.76. The maximum Gasteiger partial charge on any atom is 0.0482 e. The van der Waals surface area contributed by atoms with Gasteiger partial charge in [-0.05, 0) is 62.5 Å². The second-order valence-corrected chi connectivity index (χ2v) is 5.76. The number of aryl methyl sites for hydroxylation is 2. The molecule has 2 aromatic rings. The van der Waals surface area contributed by atoms with Crippen LogP contribution in [0.25, 0.3) is 10.9 Å². The van der Waals surface area contributed by atoms with Crippen molar-refractivity contribution in [2.75, 3.05) is 13.6 Å². The number of aromatic nitrogens is 1. The van der Waals surface area contributed by atoms with E-state index in [1.807, 2.05) is 7.05 Å². The third kappa shape index (κ3) is 2.69. The van der Waals surface area contributed by atoms with Crippen LogP contribution >= 0.6 is 0 Å². The molecular weight excluding hydrogens is 232 g/mol. The number of hydrogen-bond donors (Lipinski definition) is 1. The molecule has 2 rings (SSSR count). The lowest BCUT2D eigenvalue weighted by Crippen LogP contribution is -2.08. The zero-order chi connectivity index (χ0) is 14.0. The molecule has 19 heavy (non-hydrogen) atoms. The highest BCUT2D eigenvalue weighted by atomic mass is 14.9. The lowest BCUT2D eigenvalue weighted by Gasteiger charge is -2.06. The average molecular weight is 258 g/mol. The monoisotopic (exact) mass is 258 g/mol.